The first-order chi connectivity index (χ1) is 14.9. The molecule has 0 spiro atoms. The van der Waals surface area contributed by atoms with Gasteiger partial charge in [0.1, 0.15) is 0 Å². The number of aryl methyl sites for hydroxylation is 1. The van der Waals surface area contributed by atoms with Gasteiger partial charge in [-0.15, -0.1) is 22.0 Å². The molecule has 3 rings (SSSR count). The van der Waals surface area contributed by atoms with Crippen molar-refractivity contribution < 1.29 is 9.59 Å². The van der Waals surface area contributed by atoms with Gasteiger partial charge in [0.25, 0.3) is 5.91 Å². The quantitative estimate of drug-likeness (QED) is 0.498. The number of hydrogen-bond donors (Lipinski definition) is 2. The normalized spacial score (nSPS) is 11.7. The number of thioether (sulfide) groups is 2. The molecule has 0 aliphatic heterocycles. The van der Waals surface area contributed by atoms with Crippen LogP contribution in [-0.2, 0) is 11.8 Å². The second-order valence-electron chi connectivity index (χ2n) is 7.03. The molecule has 0 fully saturated rings. The highest BCUT2D eigenvalue weighted by Crippen LogP contribution is 2.21. The SMILES string of the molecule is CSc1cccc(NC(=O)CSc2nnc([C@@H](C)NC(=O)c3cccc(C)c3)n2C)c1. The Kier molecular flexibility index (Phi) is 7.75. The van der Waals surface area contributed by atoms with Gasteiger partial charge in [-0.3, -0.25) is 9.59 Å². The molecule has 1 atom stereocenters. The van der Waals surface area contributed by atoms with Gasteiger partial charge in [-0.1, -0.05) is 35.5 Å². The van der Waals surface area contributed by atoms with Crippen molar-refractivity contribution in [1.82, 2.24) is 20.1 Å². The molecule has 1 aromatic heterocycles. The van der Waals surface area contributed by atoms with Gasteiger partial charge in [0.15, 0.2) is 11.0 Å². The Balaban J connectivity index is 1.57. The number of nitrogens with zero attached hydrogens (tertiary/aromatic N) is 3. The first-order valence-electron chi connectivity index (χ1n) is 9.71. The fraction of sp³-hybridized carbons (Fsp3) is 0.273. The lowest BCUT2D eigenvalue weighted by Gasteiger charge is -2.14. The summed E-state index contributed by atoms with van der Waals surface area (Å²) < 4.78 is 1.80. The fourth-order valence-corrected chi connectivity index (χ4v) is 4.17. The third kappa shape index (κ3) is 6.11. The molecular formula is C22H25N5O2S2. The van der Waals surface area contributed by atoms with Crippen molar-refractivity contribution in [2.45, 2.75) is 29.9 Å². The van der Waals surface area contributed by atoms with Crippen LogP contribution in [0.3, 0.4) is 0 Å². The largest absolute Gasteiger partial charge is 0.342 e. The number of carbonyl (C=O) groups excluding carboxylic acids is 2. The number of rotatable bonds is 8. The summed E-state index contributed by atoms with van der Waals surface area (Å²) in [6.07, 6.45) is 1.99. The van der Waals surface area contributed by atoms with E-state index in [1.54, 1.807) is 22.4 Å². The molecule has 0 aliphatic carbocycles. The van der Waals surface area contributed by atoms with Crippen LogP contribution in [0.4, 0.5) is 5.69 Å². The topological polar surface area (TPSA) is 88.9 Å². The summed E-state index contributed by atoms with van der Waals surface area (Å²) in [6, 6.07) is 14.8. The molecule has 162 valence electrons. The summed E-state index contributed by atoms with van der Waals surface area (Å²) in [5.74, 6) is 0.546. The van der Waals surface area contributed by atoms with E-state index in [2.05, 4.69) is 20.8 Å². The van der Waals surface area contributed by atoms with Crippen LogP contribution < -0.4 is 10.6 Å². The smallest absolute Gasteiger partial charge is 0.251 e. The average molecular weight is 456 g/mol. The molecule has 1 heterocycles. The minimum Gasteiger partial charge on any atom is -0.342 e. The van der Waals surface area contributed by atoms with Gasteiger partial charge in [-0.05, 0) is 50.4 Å². The van der Waals surface area contributed by atoms with E-state index in [0.29, 0.717) is 16.5 Å². The lowest BCUT2D eigenvalue weighted by molar-refractivity contribution is -0.113. The molecule has 0 saturated carbocycles. The standard InChI is InChI=1S/C22H25N5O2S2/c1-14-7-5-8-16(11-14)21(29)23-15(2)20-25-26-22(27(20)3)31-13-19(28)24-17-9-6-10-18(12-17)30-4/h5-12,15H,13H2,1-4H3,(H,23,29)(H,24,28)/t15-/m1/s1. The minimum absolute atomic E-state index is 0.117. The molecule has 3 aromatic rings. The highest BCUT2D eigenvalue weighted by molar-refractivity contribution is 7.99. The monoisotopic (exact) mass is 455 g/mol. The van der Waals surface area contributed by atoms with E-state index in [1.165, 1.54) is 11.8 Å². The molecule has 0 aliphatic rings. The summed E-state index contributed by atoms with van der Waals surface area (Å²) in [6.45, 7) is 3.81. The van der Waals surface area contributed by atoms with Crippen LogP contribution in [0.2, 0.25) is 0 Å². The van der Waals surface area contributed by atoms with Crippen molar-refractivity contribution >= 4 is 41.0 Å². The first-order valence-corrected chi connectivity index (χ1v) is 11.9. The number of aromatic nitrogens is 3. The molecule has 0 saturated heterocycles. The van der Waals surface area contributed by atoms with E-state index in [0.717, 1.165) is 16.1 Å². The van der Waals surface area contributed by atoms with Gasteiger partial charge in [0.05, 0.1) is 11.8 Å². The Morgan fingerprint density at radius 3 is 2.65 bits per heavy atom. The molecule has 9 heteroatoms. The predicted octanol–water partition coefficient (Wildman–Crippen LogP) is 4.07. The lowest BCUT2D eigenvalue weighted by Crippen LogP contribution is -2.28. The summed E-state index contributed by atoms with van der Waals surface area (Å²) in [7, 11) is 1.83. The number of carbonyl (C=O) groups is 2. The summed E-state index contributed by atoms with van der Waals surface area (Å²) in [5, 5.41) is 14.8. The molecule has 2 N–H and O–H groups in total. The zero-order valence-electron chi connectivity index (χ0n) is 17.9. The van der Waals surface area contributed by atoms with Crippen molar-refractivity contribution in [2.24, 2.45) is 7.05 Å². The molecule has 0 radical (unpaired) electrons. The summed E-state index contributed by atoms with van der Waals surface area (Å²) in [4.78, 5) is 25.9. The van der Waals surface area contributed by atoms with Crippen LogP contribution in [0, 0.1) is 6.92 Å². The molecule has 7 nitrogen and oxygen atoms in total. The van der Waals surface area contributed by atoms with E-state index in [4.69, 9.17) is 0 Å². The maximum atomic E-state index is 12.5. The lowest BCUT2D eigenvalue weighted by atomic mass is 10.1. The van der Waals surface area contributed by atoms with Crippen LogP contribution in [0.1, 0.15) is 34.7 Å². The Morgan fingerprint density at radius 1 is 1.13 bits per heavy atom. The highest BCUT2D eigenvalue weighted by atomic mass is 32.2. The van der Waals surface area contributed by atoms with E-state index in [9.17, 15) is 9.59 Å². The Bertz CT molecular complexity index is 1080. The van der Waals surface area contributed by atoms with E-state index >= 15 is 0 Å². The third-order valence-corrected chi connectivity index (χ3v) is 6.32. The minimum atomic E-state index is -0.331. The zero-order valence-corrected chi connectivity index (χ0v) is 19.5. The first kappa shape index (κ1) is 22.9. The van der Waals surface area contributed by atoms with Gasteiger partial charge in [-0.2, -0.15) is 0 Å². The van der Waals surface area contributed by atoms with Crippen molar-refractivity contribution in [2.75, 3.05) is 17.3 Å². The van der Waals surface area contributed by atoms with E-state index in [1.807, 2.05) is 69.6 Å². The summed E-state index contributed by atoms with van der Waals surface area (Å²) in [5.41, 5.74) is 2.39. The number of amides is 2. The summed E-state index contributed by atoms with van der Waals surface area (Å²) >= 11 is 2.92. The molecular weight excluding hydrogens is 430 g/mol. The number of anilines is 1. The Labute approximate surface area is 190 Å². The van der Waals surface area contributed by atoms with E-state index < -0.39 is 0 Å². The molecule has 0 bridgehead atoms. The number of nitrogens with one attached hydrogen (secondary N) is 2. The van der Waals surface area contributed by atoms with Gasteiger partial charge < -0.3 is 15.2 Å². The van der Waals surface area contributed by atoms with Crippen LogP contribution in [0.25, 0.3) is 0 Å². The van der Waals surface area contributed by atoms with Crippen molar-refractivity contribution in [3.05, 3.63) is 65.5 Å². The molecule has 0 unspecified atom stereocenters. The zero-order chi connectivity index (χ0) is 22.4. The molecule has 2 amide bonds. The van der Waals surface area contributed by atoms with Crippen LogP contribution in [-0.4, -0.2) is 38.6 Å². The average Bonchev–Trinajstić information content (AvgIpc) is 3.12. The maximum absolute atomic E-state index is 12.5. The van der Waals surface area contributed by atoms with Crippen molar-refractivity contribution in [1.29, 1.82) is 0 Å². The van der Waals surface area contributed by atoms with Gasteiger partial charge in [0, 0.05) is 23.2 Å². The number of benzene rings is 2. The van der Waals surface area contributed by atoms with Gasteiger partial charge in [-0.25, -0.2) is 0 Å². The molecule has 2 aromatic carbocycles. The number of hydrogen-bond acceptors (Lipinski definition) is 6. The third-order valence-electron chi connectivity index (χ3n) is 4.57. The van der Waals surface area contributed by atoms with Gasteiger partial charge in [0.2, 0.25) is 5.91 Å². The Morgan fingerprint density at radius 2 is 1.90 bits per heavy atom. The van der Waals surface area contributed by atoms with E-state index in [-0.39, 0.29) is 23.6 Å². The molecule has 31 heavy (non-hydrogen) atoms. The second kappa shape index (κ2) is 10.5. The van der Waals surface area contributed by atoms with Crippen LogP contribution >= 0.6 is 23.5 Å². The van der Waals surface area contributed by atoms with Crippen molar-refractivity contribution in [3.63, 3.8) is 0 Å². The Hall–Kier alpha value is -2.78. The highest BCUT2D eigenvalue weighted by Gasteiger charge is 2.19. The fourth-order valence-electron chi connectivity index (χ4n) is 2.99. The predicted molar refractivity (Wildman–Crippen MR) is 126 cm³/mol. The van der Waals surface area contributed by atoms with Gasteiger partial charge >= 0.3 is 0 Å². The van der Waals surface area contributed by atoms with Crippen LogP contribution in [0.15, 0.2) is 58.6 Å². The van der Waals surface area contributed by atoms with Crippen LogP contribution in [0.5, 0.6) is 0 Å². The maximum Gasteiger partial charge on any atom is 0.251 e. The second-order valence-corrected chi connectivity index (χ2v) is 8.86. The van der Waals surface area contributed by atoms with Crippen molar-refractivity contribution in [3.8, 4) is 0 Å².